The molecule has 0 spiro atoms. The summed E-state index contributed by atoms with van der Waals surface area (Å²) in [6.45, 7) is 3.22. The van der Waals surface area contributed by atoms with Crippen LogP contribution in [0.4, 0.5) is 0 Å². The Morgan fingerprint density at radius 1 is 1.15 bits per heavy atom. The van der Waals surface area contributed by atoms with E-state index in [2.05, 4.69) is 15.6 Å². The molecule has 7 heteroatoms. The Balaban J connectivity index is 1.39. The van der Waals surface area contributed by atoms with Gasteiger partial charge in [-0.2, -0.15) is 0 Å². The third-order valence-electron chi connectivity index (χ3n) is 5.36. The van der Waals surface area contributed by atoms with Crippen molar-refractivity contribution in [2.24, 2.45) is 10.4 Å². The number of fused-ring (bicyclic) bond motifs is 1. The molecule has 0 unspecified atom stereocenters. The molecule has 0 amide bonds. The lowest BCUT2D eigenvalue weighted by atomic mass is 9.83. The lowest BCUT2D eigenvalue weighted by Gasteiger charge is -2.29. The van der Waals surface area contributed by atoms with Gasteiger partial charge < -0.3 is 29.6 Å². The lowest BCUT2D eigenvalue weighted by molar-refractivity contribution is 0.138. The Morgan fingerprint density at radius 2 is 1.96 bits per heavy atom. The van der Waals surface area contributed by atoms with E-state index in [-0.39, 0.29) is 6.79 Å². The number of aliphatic imine (C=N–C) groups is 1. The maximum atomic E-state index is 5.78. The van der Waals surface area contributed by atoms with Crippen LogP contribution in [0.25, 0.3) is 0 Å². The van der Waals surface area contributed by atoms with Crippen molar-refractivity contribution in [3.05, 3.63) is 18.2 Å². The number of methoxy groups -OCH3 is 1. The van der Waals surface area contributed by atoms with E-state index in [0.29, 0.717) is 18.6 Å². The van der Waals surface area contributed by atoms with Gasteiger partial charge in [0.15, 0.2) is 17.5 Å². The van der Waals surface area contributed by atoms with Crippen molar-refractivity contribution in [1.29, 1.82) is 0 Å². The standard InChI is InChI=1S/C20H31N3O4/c1-21-19(23-14-20(9-11-24-2)7-3-4-8-20)22-10-12-25-16-5-6-17-18(13-16)27-15-26-17/h5-6,13H,3-4,7-12,14-15H2,1-2H3,(H2,21,22,23). The van der Waals surface area contributed by atoms with E-state index in [0.717, 1.165) is 42.8 Å². The van der Waals surface area contributed by atoms with Crippen molar-refractivity contribution in [3.8, 4) is 17.2 Å². The molecule has 0 atom stereocenters. The van der Waals surface area contributed by atoms with Gasteiger partial charge in [0.2, 0.25) is 6.79 Å². The van der Waals surface area contributed by atoms with Gasteiger partial charge in [-0.05, 0) is 36.8 Å². The third-order valence-corrected chi connectivity index (χ3v) is 5.36. The highest BCUT2D eigenvalue weighted by molar-refractivity contribution is 5.79. The first kappa shape index (κ1) is 19.6. The lowest BCUT2D eigenvalue weighted by Crippen LogP contribution is -2.44. The van der Waals surface area contributed by atoms with Gasteiger partial charge in [0, 0.05) is 33.4 Å². The molecule has 1 aromatic carbocycles. The molecule has 7 nitrogen and oxygen atoms in total. The quantitative estimate of drug-likeness (QED) is 0.391. The minimum Gasteiger partial charge on any atom is -0.492 e. The van der Waals surface area contributed by atoms with Crippen LogP contribution < -0.4 is 24.8 Å². The summed E-state index contributed by atoms with van der Waals surface area (Å²) in [7, 11) is 3.57. The molecule has 1 saturated carbocycles. The molecule has 1 aliphatic carbocycles. The van der Waals surface area contributed by atoms with Crippen LogP contribution in [0.15, 0.2) is 23.2 Å². The minimum atomic E-state index is 0.272. The molecule has 0 saturated heterocycles. The van der Waals surface area contributed by atoms with E-state index in [1.807, 2.05) is 18.2 Å². The number of ether oxygens (including phenoxy) is 4. The van der Waals surface area contributed by atoms with Gasteiger partial charge in [-0.1, -0.05) is 12.8 Å². The highest BCUT2D eigenvalue weighted by Gasteiger charge is 2.33. The van der Waals surface area contributed by atoms with Crippen LogP contribution in [0.3, 0.4) is 0 Å². The number of rotatable bonds is 9. The van der Waals surface area contributed by atoms with Crippen molar-refractivity contribution < 1.29 is 18.9 Å². The Bertz CT molecular complexity index is 630. The Kier molecular flexibility index (Phi) is 7.04. The normalized spacial score (nSPS) is 17.8. The predicted molar refractivity (Wildman–Crippen MR) is 105 cm³/mol. The summed E-state index contributed by atoms with van der Waals surface area (Å²) < 4.78 is 21.8. The van der Waals surface area contributed by atoms with Gasteiger partial charge >= 0.3 is 0 Å². The monoisotopic (exact) mass is 377 g/mol. The summed E-state index contributed by atoms with van der Waals surface area (Å²) in [5.41, 5.74) is 0.330. The van der Waals surface area contributed by atoms with E-state index in [1.165, 1.54) is 25.7 Å². The van der Waals surface area contributed by atoms with Crippen LogP contribution in [0.5, 0.6) is 17.2 Å². The van der Waals surface area contributed by atoms with Crippen LogP contribution in [-0.2, 0) is 4.74 Å². The summed E-state index contributed by atoms with van der Waals surface area (Å²) in [6, 6.07) is 5.61. The number of benzene rings is 1. The summed E-state index contributed by atoms with van der Waals surface area (Å²) >= 11 is 0. The number of guanidine groups is 1. The van der Waals surface area contributed by atoms with Crippen LogP contribution in [0.2, 0.25) is 0 Å². The number of hydrogen-bond donors (Lipinski definition) is 2. The van der Waals surface area contributed by atoms with Gasteiger partial charge in [0.1, 0.15) is 12.4 Å². The van der Waals surface area contributed by atoms with E-state index in [1.54, 1.807) is 14.2 Å². The predicted octanol–water partition coefficient (Wildman–Crippen LogP) is 2.56. The molecule has 0 radical (unpaired) electrons. The highest BCUT2D eigenvalue weighted by atomic mass is 16.7. The summed E-state index contributed by atoms with van der Waals surface area (Å²) in [6.07, 6.45) is 6.23. The van der Waals surface area contributed by atoms with Gasteiger partial charge in [0.25, 0.3) is 0 Å². The van der Waals surface area contributed by atoms with Crippen LogP contribution in [0.1, 0.15) is 32.1 Å². The molecule has 150 valence electrons. The molecule has 2 aliphatic rings. The first-order chi connectivity index (χ1) is 13.2. The first-order valence-corrected chi connectivity index (χ1v) is 9.71. The topological polar surface area (TPSA) is 73.3 Å². The summed E-state index contributed by atoms with van der Waals surface area (Å²) in [5.74, 6) is 3.08. The fourth-order valence-corrected chi connectivity index (χ4v) is 3.76. The Morgan fingerprint density at radius 3 is 2.74 bits per heavy atom. The van der Waals surface area contributed by atoms with Gasteiger partial charge in [-0.25, -0.2) is 0 Å². The third kappa shape index (κ3) is 5.42. The molecule has 3 rings (SSSR count). The molecule has 0 aromatic heterocycles. The first-order valence-electron chi connectivity index (χ1n) is 9.71. The summed E-state index contributed by atoms with van der Waals surface area (Å²) in [5, 5.41) is 6.80. The zero-order chi connectivity index (χ0) is 19.0. The molecular weight excluding hydrogens is 346 g/mol. The van der Waals surface area contributed by atoms with Gasteiger partial charge in [-0.15, -0.1) is 0 Å². The number of nitrogens with one attached hydrogen (secondary N) is 2. The zero-order valence-corrected chi connectivity index (χ0v) is 16.4. The second-order valence-corrected chi connectivity index (χ2v) is 7.17. The smallest absolute Gasteiger partial charge is 0.231 e. The fraction of sp³-hybridized carbons (Fsp3) is 0.650. The van der Waals surface area contributed by atoms with Crippen molar-refractivity contribution in [2.75, 3.05) is 47.3 Å². The summed E-state index contributed by atoms with van der Waals surface area (Å²) in [4.78, 5) is 4.32. The largest absolute Gasteiger partial charge is 0.492 e. The van der Waals surface area contributed by atoms with Crippen molar-refractivity contribution in [1.82, 2.24) is 10.6 Å². The van der Waals surface area contributed by atoms with E-state index in [4.69, 9.17) is 18.9 Å². The molecule has 0 bridgehead atoms. The number of hydrogen-bond acceptors (Lipinski definition) is 5. The Hall–Kier alpha value is -2.15. The molecule has 2 N–H and O–H groups in total. The molecule has 1 fully saturated rings. The van der Waals surface area contributed by atoms with E-state index in [9.17, 15) is 0 Å². The van der Waals surface area contributed by atoms with Crippen molar-refractivity contribution in [3.63, 3.8) is 0 Å². The maximum Gasteiger partial charge on any atom is 0.231 e. The average molecular weight is 377 g/mol. The Labute approximate surface area is 161 Å². The van der Waals surface area contributed by atoms with E-state index < -0.39 is 0 Å². The highest BCUT2D eigenvalue weighted by Crippen LogP contribution is 2.40. The zero-order valence-electron chi connectivity index (χ0n) is 16.4. The van der Waals surface area contributed by atoms with Gasteiger partial charge in [0.05, 0.1) is 6.54 Å². The van der Waals surface area contributed by atoms with Crippen molar-refractivity contribution >= 4 is 5.96 Å². The van der Waals surface area contributed by atoms with Gasteiger partial charge in [-0.3, -0.25) is 4.99 Å². The second-order valence-electron chi connectivity index (χ2n) is 7.17. The second kappa shape index (κ2) is 9.69. The molecule has 1 aliphatic heterocycles. The SMILES string of the molecule is CN=C(NCCOc1ccc2c(c1)OCO2)NCC1(CCOC)CCCC1. The molecular formula is C20H31N3O4. The molecule has 1 heterocycles. The number of nitrogens with zero attached hydrogens (tertiary/aromatic N) is 1. The van der Waals surface area contributed by atoms with Crippen LogP contribution in [0, 0.1) is 5.41 Å². The minimum absolute atomic E-state index is 0.272. The molecule has 1 aromatic rings. The maximum absolute atomic E-state index is 5.78. The van der Waals surface area contributed by atoms with Crippen LogP contribution >= 0.6 is 0 Å². The van der Waals surface area contributed by atoms with Crippen molar-refractivity contribution in [2.45, 2.75) is 32.1 Å². The van der Waals surface area contributed by atoms with E-state index >= 15 is 0 Å². The van der Waals surface area contributed by atoms with Crippen LogP contribution in [-0.4, -0.2) is 53.2 Å². The fourth-order valence-electron chi connectivity index (χ4n) is 3.76. The average Bonchev–Trinajstić information content (AvgIpc) is 3.35. The molecule has 27 heavy (non-hydrogen) atoms.